The van der Waals surface area contributed by atoms with E-state index < -0.39 is 0 Å². The van der Waals surface area contributed by atoms with E-state index in [1.807, 2.05) is 13.8 Å². The van der Waals surface area contributed by atoms with E-state index in [1.165, 1.54) is 19.3 Å². The molecule has 3 rings (SSSR count). The van der Waals surface area contributed by atoms with Crippen LogP contribution in [0.25, 0.3) is 0 Å². The summed E-state index contributed by atoms with van der Waals surface area (Å²) in [4.78, 5) is 25.6. The molecule has 0 heterocycles. The molecule has 0 aromatic rings. The van der Waals surface area contributed by atoms with Crippen LogP contribution in [-0.4, -0.2) is 22.7 Å². The second-order valence-electron chi connectivity index (χ2n) is 10.4. The van der Waals surface area contributed by atoms with Crippen molar-refractivity contribution in [2.75, 3.05) is 0 Å². The third kappa shape index (κ3) is 4.83. The van der Waals surface area contributed by atoms with Crippen LogP contribution in [0.1, 0.15) is 91.9 Å². The molecule has 150 valence electrons. The van der Waals surface area contributed by atoms with E-state index in [0.29, 0.717) is 30.9 Å². The molecule has 2 N–H and O–H groups in total. The molecule has 0 bridgehead atoms. The normalized spacial score (nSPS) is 26.5. The SMILES string of the molecule is CC1(C)CC(=O)C(CC2=C(NC3CCCCC3)CC(C)(C)CC2=O)=C(O)C1. The third-order valence-electron chi connectivity index (χ3n) is 6.30. The molecule has 0 atom stereocenters. The Morgan fingerprint density at radius 1 is 0.852 bits per heavy atom. The number of hydrogen-bond donors (Lipinski definition) is 2. The zero-order valence-corrected chi connectivity index (χ0v) is 17.4. The van der Waals surface area contributed by atoms with Gasteiger partial charge in [-0.25, -0.2) is 0 Å². The van der Waals surface area contributed by atoms with Gasteiger partial charge in [-0.2, -0.15) is 0 Å². The summed E-state index contributed by atoms with van der Waals surface area (Å²) in [5.74, 6) is 0.298. The molecular formula is C23H35NO3. The molecule has 0 unspecified atom stereocenters. The minimum Gasteiger partial charge on any atom is -0.512 e. The van der Waals surface area contributed by atoms with Gasteiger partial charge in [-0.3, -0.25) is 9.59 Å². The number of carbonyl (C=O) groups is 2. The van der Waals surface area contributed by atoms with E-state index >= 15 is 0 Å². The average molecular weight is 374 g/mol. The largest absolute Gasteiger partial charge is 0.512 e. The van der Waals surface area contributed by atoms with Gasteiger partial charge >= 0.3 is 0 Å². The monoisotopic (exact) mass is 373 g/mol. The number of hydrogen-bond acceptors (Lipinski definition) is 4. The van der Waals surface area contributed by atoms with Crippen LogP contribution < -0.4 is 5.32 Å². The highest BCUT2D eigenvalue weighted by Crippen LogP contribution is 2.42. The molecule has 3 aliphatic rings. The number of ketones is 2. The number of rotatable bonds is 4. The Balaban J connectivity index is 1.90. The molecular weight excluding hydrogens is 338 g/mol. The number of allylic oxidation sites excluding steroid dienone is 4. The van der Waals surface area contributed by atoms with Gasteiger partial charge in [0.25, 0.3) is 0 Å². The Kier molecular flexibility index (Phi) is 5.56. The lowest BCUT2D eigenvalue weighted by Gasteiger charge is -2.36. The highest BCUT2D eigenvalue weighted by molar-refractivity contribution is 6.03. The summed E-state index contributed by atoms with van der Waals surface area (Å²) in [5.41, 5.74) is 1.93. The Labute approximate surface area is 163 Å². The first kappa shape index (κ1) is 20.2. The Morgan fingerprint density at radius 2 is 1.41 bits per heavy atom. The smallest absolute Gasteiger partial charge is 0.163 e. The Hall–Kier alpha value is -1.58. The third-order valence-corrected chi connectivity index (χ3v) is 6.30. The zero-order chi connectivity index (χ0) is 19.8. The van der Waals surface area contributed by atoms with Crippen molar-refractivity contribution in [1.82, 2.24) is 5.32 Å². The highest BCUT2D eigenvalue weighted by atomic mass is 16.3. The van der Waals surface area contributed by atoms with E-state index in [4.69, 9.17) is 0 Å². The highest BCUT2D eigenvalue weighted by Gasteiger charge is 2.38. The molecule has 27 heavy (non-hydrogen) atoms. The molecule has 1 saturated carbocycles. The van der Waals surface area contributed by atoms with Gasteiger partial charge < -0.3 is 10.4 Å². The summed E-state index contributed by atoms with van der Waals surface area (Å²) in [6.45, 7) is 8.27. The van der Waals surface area contributed by atoms with Crippen LogP contribution in [0.4, 0.5) is 0 Å². The lowest BCUT2D eigenvalue weighted by atomic mass is 9.71. The molecule has 1 fully saturated rings. The predicted octanol–water partition coefficient (Wildman–Crippen LogP) is 5.14. The molecule has 0 spiro atoms. The molecule has 0 aliphatic heterocycles. The predicted molar refractivity (Wildman–Crippen MR) is 107 cm³/mol. The summed E-state index contributed by atoms with van der Waals surface area (Å²) < 4.78 is 0. The molecule has 0 aromatic heterocycles. The number of aliphatic hydroxyl groups excluding tert-OH is 1. The first-order chi connectivity index (χ1) is 12.6. The number of carbonyl (C=O) groups excluding carboxylic acids is 2. The maximum absolute atomic E-state index is 13.0. The van der Waals surface area contributed by atoms with Crippen LogP contribution in [0, 0.1) is 10.8 Å². The van der Waals surface area contributed by atoms with Crippen LogP contribution in [-0.2, 0) is 9.59 Å². The van der Waals surface area contributed by atoms with Crippen LogP contribution >= 0.6 is 0 Å². The molecule has 0 saturated heterocycles. The van der Waals surface area contributed by atoms with E-state index in [1.54, 1.807) is 0 Å². The van der Waals surface area contributed by atoms with Crippen molar-refractivity contribution in [3.8, 4) is 0 Å². The van der Waals surface area contributed by atoms with Crippen molar-refractivity contribution in [2.24, 2.45) is 10.8 Å². The summed E-state index contributed by atoms with van der Waals surface area (Å²) in [6, 6.07) is 0.425. The maximum atomic E-state index is 13.0. The van der Waals surface area contributed by atoms with E-state index in [2.05, 4.69) is 19.2 Å². The standard InChI is InChI=1S/C23H35NO3/c1-22(2)11-18(24-15-8-6-5-7-9-15)16(19(25)12-22)10-17-20(26)13-23(3,4)14-21(17)27/h15,24,26H,5-14H2,1-4H3. The second-order valence-corrected chi connectivity index (χ2v) is 10.4. The zero-order valence-electron chi connectivity index (χ0n) is 17.4. The lowest BCUT2D eigenvalue weighted by Crippen LogP contribution is -2.38. The minimum absolute atomic E-state index is 0.00843. The fraction of sp³-hybridized carbons (Fsp3) is 0.739. The molecule has 3 aliphatic carbocycles. The van der Waals surface area contributed by atoms with Crippen molar-refractivity contribution in [3.63, 3.8) is 0 Å². The van der Waals surface area contributed by atoms with Gasteiger partial charge in [0.15, 0.2) is 11.6 Å². The average Bonchev–Trinajstić information content (AvgIpc) is 2.52. The number of nitrogens with one attached hydrogen (secondary N) is 1. The summed E-state index contributed by atoms with van der Waals surface area (Å²) in [5, 5.41) is 14.2. The molecule has 0 amide bonds. The molecule has 0 radical (unpaired) electrons. The Morgan fingerprint density at radius 3 is 2.00 bits per heavy atom. The van der Waals surface area contributed by atoms with Crippen LogP contribution in [0.5, 0.6) is 0 Å². The summed E-state index contributed by atoms with van der Waals surface area (Å²) in [7, 11) is 0. The van der Waals surface area contributed by atoms with Crippen molar-refractivity contribution in [3.05, 3.63) is 22.6 Å². The van der Waals surface area contributed by atoms with Gasteiger partial charge in [0.1, 0.15) is 0 Å². The van der Waals surface area contributed by atoms with Crippen molar-refractivity contribution < 1.29 is 14.7 Å². The van der Waals surface area contributed by atoms with Crippen LogP contribution in [0.15, 0.2) is 22.6 Å². The van der Waals surface area contributed by atoms with Gasteiger partial charge in [-0.1, -0.05) is 47.0 Å². The van der Waals surface area contributed by atoms with Crippen LogP contribution in [0.3, 0.4) is 0 Å². The first-order valence-corrected chi connectivity index (χ1v) is 10.5. The van der Waals surface area contributed by atoms with Gasteiger partial charge in [-0.15, -0.1) is 0 Å². The Bertz CT molecular complexity index is 690. The fourth-order valence-corrected chi connectivity index (χ4v) is 4.90. The second kappa shape index (κ2) is 7.44. The number of aliphatic hydroxyl groups is 1. The topological polar surface area (TPSA) is 66.4 Å². The lowest BCUT2D eigenvalue weighted by molar-refractivity contribution is -0.118. The van der Waals surface area contributed by atoms with Gasteiger partial charge in [0, 0.05) is 48.6 Å². The fourth-order valence-electron chi connectivity index (χ4n) is 4.90. The van der Waals surface area contributed by atoms with Crippen molar-refractivity contribution in [1.29, 1.82) is 0 Å². The van der Waals surface area contributed by atoms with Crippen LogP contribution in [0.2, 0.25) is 0 Å². The summed E-state index contributed by atoms with van der Waals surface area (Å²) in [6.07, 6.45) is 8.61. The maximum Gasteiger partial charge on any atom is 0.163 e. The van der Waals surface area contributed by atoms with E-state index in [9.17, 15) is 14.7 Å². The molecule has 4 heteroatoms. The summed E-state index contributed by atoms with van der Waals surface area (Å²) >= 11 is 0. The van der Waals surface area contributed by atoms with Gasteiger partial charge in [-0.05, 0) is 30.1 Å². The first-order valence-electron chi connectivity index (χ1n) is 10.5. The van der Waals surface area contributed by atoms with Crippen molar-refractivity contribution >= 4 is 11.6 Å². The van der Waals surface area contributed by atoms with Gasteiger partial charge in [0.2, 0.25) is 0 Å². The minimum atomic E-state index is -0.208. The quantitative estimate of drug-likeness (QED) is 0.716. The van der Waals surface area contributed by atoms with E-state index in [-0.39, 0.29) is 34.6 Å². The number of Topliss-reactive ketones (excluding diaryl/α,β-unsaturated/α-hetero) is 2. The molecule has 0 aromatic carbocycles. The van der Waals surface area contributed by atoms with Gasteiger partial charge in [0.05, 0.1) is 5.76 Å². The van der Waals surface area contributed by atoms with Crippen molar-refractivity contribution in [2.45, 2.75) is 97.9 Å². The molecule has 4 nitrogen and oxygen atoms in total. The van der Waals surface area contributed by atoms with E-state index in [0.717, 1.165) is 30.5 Å².